The van der Waals surface area contributed by atoms with Gasteiger partial charge in [0, 0.05) is 50.7 Å². The molecule has 1 saturated heterocycles. The molecule has 0 unspecified atom stereocenters. The first kappa shape index (κ1) is 20.6. The van der Waals surface area contributed by atoms with E-state index in [0.717, 1.165) is 53.0 Å². The summed E-state index contributed by atoms with van der Waals surface area (Å²) in [5.74, 6) is 0.114. The Morgan fingerprint density at radius 1 is 1.07 bits per heavy atom. The number of thiazole rings is 1. The number of hydrogen-bond donors (Lipinski definition) is 1. The van der Waals surface area contributed by atoms with Gasteiger partial charge >= 0.3 is 0 Å². The van der Waals surface area contributed by atoms with E-state index >= 15 is 0 Å². The van der Waals surface area contributed by atoms with Crippen molar-refractivity contribution in [1.82, 2.24) is 15.2 Å². The smallest absolute Gasteiger partial charge is 0.226 e. The summed E-state index contributed by atoms with van der Waals surface area (Å²) in [6.45, 7) is 5.33. The second-order valence-electron chi connectivity index (χ2n) is 7.23. The molecule has 8 heteroatoms. The lowest BCUT2D eigenvalue weighted by Gasteiger charge is -2.35. The number of amides is 2. The molecule has 0 saturated carbocycles. The molecule has 1 N–H and O–H groups in total. The number of carbonyl (C=O) groups excluding carboxylic acids is 2. The first-order valence-electron chi connectivity index (χ1n) is 9.93. The summed E-state index contributed by atoms with van der Waals surface area (Å²) in [5.41, 5.74) is 3.02. The molecular weight excluding hydrogens is 416 g/mol. The van der Waals surface area contributed by atoms with Crippen molar-refractivity contribution < 1.29 is 9.59 Å². The van der Waals surface area contributed by atoms with Crippen molar-refractivity contribution >= 4 is 40.2 Å². The molecule has 30 heavy (non-hydrogen) atoms. The monoisotopic (exact) mass is 440 g/mol. The molecule has 0 spiro atoms. The van der Waals surface area contributed by atoms with E-state index in [1.54, 1.807) is 29.6 Å². The van der Waals surface area contributed by atoms with E-state index in [-0.39, 0.29) is 11.8 Å². The third-order valence-corrected chi connectivity index (χ3v) is 7.07. The SMILES string of the molecule is CC(=O)N1CCN(c2ccc(CNC(=O)Cc3csc(-c4cccs4)n3)cc2)CC1. The zero-order valence-corrected chi connectivity index (χ0v) is 18.5. The van der Waals surface area contributed by atoms with Gasteiger partial charge in [0.2, 0.25) is 11.8 Å². The Labute approximate surface area is 184 Å². The van der Waals surface area contributed by atoms with Crippen LogP contribution in [0.5, 0.6) is 0 Å². The molecule has 1 aliphatic heterocycles. The van der Waals surface area contributed by atoms with E-state index in [1.807, 2.05) is 39.9 Å². The number of nitrogens with zero attached hydrogens (tertiary/aromatic N) is 3. The second kappa shape index (κ2) is 9.40. The number of thiophene rings is 1. The van der Waals surface area contributed by atoms with Crippen molar-refractivity contribution in [3.8, 4) is 9.88 Å². The molecule has 0 radical (unpaired) electrons. The molecule has 0 atom stereocenters. The molecule has 4 rings (SSSR count). The highest BCUT2D eigenvalue weighted by atomic mass is 32.1. The molecule has 0 aliphatic carbocycles. The molecule has 156 valence electrons. The molecule has 1 fully saturated rings. The van der Waals surface area contributed by atoms with Gasteiger partial charge in [0.25, 0.3) is 0 Å². The summed E-state index contributed by atoms with van der Waals surface area (Å²) >= 11 is 3.23. The molecular formula is C22H24N4O2S2. The average molecular weight is 441 g/mol. The lowest BCUT2D eigenvalue weighted by molar-refractivity contribution is -0.129. The van der Waals surface area contributed by atoms with Crippen molar-refractivity contribution in [1.29, 1.82) is 0 Å². The van der Waals surface area contributed by atoms with Gasteiger partial charge in [0.05, 0.1) is 17.0 Å². The van der Waals surface area contributed by atoms with Gasteiger partial charge in [0.15, 0.2) is 0 Å². The first-order valence-corrected chi connectivity index (χ1v) is 11.7. The molecule has 6 nitrogen and oxygen atoms in total. The highest BCUT2D eigenvalue weighted by molar-refractivity contribution is 7.20. The molecule has 3 aromatic rings. The van der Waals surface area contributed by atoms with E-state index in [4.69, 9.17) is 0 Å². The van der Waals surface area contributed by atoms with Gasteiger partial charge in [-0.2, -0.15) is 0 Å². The summed E-state index contributed by atoms with van der Waals surface area (Å²) < 4.78 is 0. The van der Waals surface area contributed by atoms with Crippen LogP contribution in [0.3, 0.4) is 0 Å². The first-order chi connectivity index (χ1) is 14.6. The molecule has 1 aliphatic rings. The Hall–Kier alpha value is -2.71. The fraction of sp³-hybridized carbons (Fsp3) is 0.318. The lowest BCUT2D eigenvalue weighted by Crippen LogP contribution is -2.48. The molecule has 0 bridgehead atoms. The highest BCUT2D eigenvalue weighted by Gasteiger charge is 2.18. The normalized spacial score (nSPS) is 14.0. The van der Waals surface area contributed by atoms with Gasteiger partial charge in [-0.15, -0.1) is 22.7 Å². The number of carbonyl (C=O) groups is 2. The standard InChI is InChI=1S/C22H24N4O2S2/c1-16(27)25-8-10-26(11-9-25)19-6-4-17(5-7-19)14-23-21(28)13-18-15-30-22(24-18)20-3-2-12-29-20/h2-7,12,15H,8-11,13-14H2,1H3,(H,23,28). The van der Waals surface area contributed by atoms with Crippen LogP contribution < -0.4 is 10.2 Å². The maximum Gasteiger partial charge on any atom is 0.226 e. The number of piperazine rings is 1. The van der Waals surface area contributed by atoms with Crippen molar-refractivity contribution in [3.63, 3.8) is 0 Å². The minimum Gasteiger partial charge on any atom is -0.368 e. The number of hydrogen-bond acceptors (Lipinski definition) is 6. The van der Waals surface area contributed by atoms with E-state index < -0.39 is 0 Å². The Kier molecular flexibility index (Phi) is 6.44. The number of aromatic nitrogens is 1. The summed E-state index contributed by atoms with van der Waals surface area (Å²) in [6, 6.07) is 12.3. The zero-order chi connectivity index (χ0) is 20.9. The van der Waals surface area contributed by atoms with Crippen LogP contribution in [0.1, 0.15) is 18.2 Å². The van der Waals surface area contributed by atoms with Crippen LogP contribution in [0.15, 0.2) is 47.2 Å². The number of anilines is 1. The second-order valence-corrected chi connectivity index (χ2v) is 9.04. The topological polar surface area (TPSA) is 65.5 Å². The van der Waals surface area contributed by atoms with Gasteiger partial charge in [0.1, 0.15) is 5.01 Å². The van der Waals surface area contributed by atoms with Crippen molar-refractivity contribution in [3.05, 3.63) is 58.4 Å². The van der Waals surface area contributed by atoms with Gasteiger partial charge in [-0.05, 0) is 29.1 Å². The Morgan fingerprint density at radius 2 is 1.83 bits per heavy atom. The summed E-state index contributed by atoms with van der Waals surface area (Å²) in [6.07, 6.45) is 0.292. The lowest BCUT2D eigenvalue weighted by atomic mass is 10.1. The van der Waals surface area contributed by atoms with E-state index in [1.165, 1.54) is 0 Å². The molecule has 1 aromatic carbocycles. The van der Waals surface area contributed by atoms with Crippen LogP contribution in [0.25, 0.3) is 9.88 Å². The van der Waals surface area contributed by atoms with E-state index in [0.29, 0.717) is 13.0 Å². The number of rotatable bonds is 6. The third kappa shape index (κ3) is 5.06. The van der Waals surface area contributed by atoms with Gasteiger partial charge < -0.3 is 15.1 Å². The quantitative estimate of drug-likeness (QED) is 0.638. The summed E-state index contributed by atoms with van der Waals surface area (Å²) in [7, 11) is 0. The maximum absolute atomic E-state index is 12.3. The molecule has 2 amide bonds. The van der Waals surface area contributed by atoms with Crippen LogP contribution >= 0.6 is 22.7 Å². The maximum atomic E-state index is 12.3. The molecule has 2 aromatic heterocycles. The van der Waals surface area contributed by atoms with Crippen LogP contribution in [0.2, 0.25) is 0 Å². The van der Waals surface area contributed by atoms with Gasteiger partial charge in [-0.1, -0.05) is 18.2 Å². The summed E-state index contributed by atoms with van der Waals surface area (Å²) in [5, 5.41) is 7.93. The van der Waals surface area contributed by atoms with Gasteiger partial charge in [-0.3, -0.25) is 9.59 Å². The summed E-state index contributed by atoms with van der Waals surface area (Å²) in [4.78, 5) is 33.6. The zero-order valence-electron chi connectivity index (χ0n) is 16.8. The molecule has 3 heterocycles. The minimum atomic E-state index is -0.0255. The van der Waals surface area contributed by atoms with Gasteiger partial charge in [-0.25, -0.2) is 4.98 Å². The predicted molar refractivity (Wildman–Crippen MR) is 122 cm³/mol. The van der Waals surface area contributed by atoms with Crippen molar-refractivity contribution in [2.75, 3.05) is 31.1 Å². The fourth-order valence-corrected chi connectivity index (χ4v) is 5.07. The predicted octanol–water partition coefficient (Wildman–Crippen LogP) is 3.40. The largest absolute Gasteiger partial charge is 0.368 e. The third-order valence-electron chi connectivity index (χ3n) is 5.14. The fourth-order valence-electron chi connectivity index (χ4n) is 3.43. The van der Waals surface area contributed by atoms with Crippen LogP contribution in [-0.2, 0) is 22.6 Å². The minimum absolute atomic E-state index is 0.0255. The highest BCUT2D eigenvalue weighted by Crippen LogP contribution is 2.27. The van der Waals surface area contributed by atoms with Crippen LogP contribution in [0, 0.1) is 0 Å². The van der Waals surface area contributed by atoms with Crippen LogP contribution in [-0.4, -0.2) is 47.9 Å². The van der Waals surface area contributed by atoms with E-state index in [2.05, 4.69) is 27.3 Å². The Bertz CT molecular complexity index is 991. The number of nitrogens with one attached hydrogen (secondary N) is 1. The van der Waals surface area contributed by atoms with Crippen molar-refractivity contribution in [2.45, 2.75) is 19.9 Å². The Balaban J connectivity index is 1.25. The Morgan fingerprint density at radius 3 is 2.50 bits per heavy atom. The van der Waals surface area contributed by atoms with E-state index in [9.17, 15) is 9.59 Å². The van der Waals surface area contributed by atoms with Crippen LogP contribution in [0.4, 0.5) is 5.69 Å². The number of benzene rings is 1. The average Bonchev–Trinajstić information content (AvgIpc) is 3.45. The van der Waals surface area contributed by atoms with Crippen molar-refractivity contribution in [2.24, 2.45) is 0 Å².